The van der Waals surface area contributed by atoms with Crippen molar-refractivity contribution in [3.63, 3.8) is 0 Å². The zero-order valence-electron chi connectivity index (χ0n) is 12.0. The topological polar surface area (TPSA) is 64.3 Å². The average molecular weight is 252 g/mol. The summed E-state index contributed by atoms with van der Waals surface area (Å²) in [6, 6.07) is 1.86. The van der Waals surface area contributed by atoms with Crippen LogP contribution in [0.4, 0.5) is 5.82 Å². The second-order valence-electron chi connectivity index (χ2n) is 5.20. The molecule has 1 heterocycles. The molecule has 0 spiro atoms. The summed E-state index contributed by atoms with van der Waals surface area (Å²) in [6.45, 7) is 10.7. The molecule has 5 heteroatoms. The Bertz CT molecular complexity index is 393. The van der Waals surface area contributed by atoms with Crippen LogP contribution in [-0.4, -0.2) is 36.7 Å². The minimum absolute atomic E-state index is 0.0576. The first-order chi connectivity index (χ1) is 8.41. The van der Waals surface area contributed by atoms with Gasteiger partial charge in [0.05, 0.1) is 7.11 Å². The predicted octanol–water partition coefficient (Wildman–Crippen LogP) is 1.60. The lowest BCUT2D eigenvalue weighted by Gasteiger charge is -2.32. The van der Waals surface area contributed by atoms with Gasteiger partial charge in [0.15, 0.2) is 0 Å². The van der Waals surface area contributed by atoms with Crippen LogP contribution in [-0.2, 0) is 0 Å². The third kappa shape index (κ3) is 3.84. The van der Waals surface area contributed by atoms with E-state index in [0.29, 0.717) is 18.2 Å². The minimum Gasteiger partial charge on any atom is -0.481 e. The highest BCUT2D eigenvalue weighted by molar-refractivity contribution is 5.42. The summed E-state index contributed by atoms with van der Waals surface area (Å²) >= 11 is 0. The van der Waals surface area contributed by atoms with Crippen LogP contribution >= 0.6 is 0 Å². The smallest absolute Gasteiger partial charge is 0.218 e. The fourth-order valence-corrected chi connectivity index (χ4v) is 1.73. The van der Waals surface area contributed by atoms with Gasteiger partial charge in [-0.2, -0.15) is 4.98 Å². The second-order valence-corrected chi connectivity index (χ2v) is 5.20. The molecule has 0 aliphatic heterocycles. The van der Waals surface area contributed by atoms with Crippen LogP contribution in [0.3, 0.4) is 0 Å². The van der Waals surface area contributed by atoms with Crippen LogP contribution in [0.5, 0.6) is 5.88 Å². The molecule has 0 aliphatic carbocycles. The number of methoxy groups -OCH3 is 1. The summed E-state index contributed by atoms with van der Waals surface area (Å²) < 4.78 is 5.18. The molecule has 5 nitrogen and oxygen atoms in total. The third-order valence-electron chi connectivity index (χ3n) is 2.89. The molecule has 0 bridgehead atoms. The molecule has 0 amide bonds. The number of aromatic nitrogens is 2. The largest absolute Gasteiger partial charge is 0.481 e. The molecule has 0 saturated heterocycles. The van der Waals surface area contributed by atoms with Gasteiger partial charge in [-0.1, -0.05) is 13.8 Å². The van der Waals surface area contributed by atoms with E-state index in [1.54, 1.807) is 7.11 Å². The number of nitrogens with zero attached hydrogens (tertiary/aromatic N) is 3. The molecule has 0 radical (unpaired) electrons. The second kappa shape index (κ2) is 6.00. The molecule has 2 N–H and O–H groups in total. The molecule has 0 saturated carbocycles. The van der Waals surface area contributed by atoms with Crippen LogP contribution in [0.2, 0.25) is 0 Å². The van der Waals surface area contributed by atoms with Crippen molar-refractivity contribution < 1.29 is 4.74 Å². The predicted molar refractivity (Wildman–Crippen MR) is 74.0 cm³/mol. The summed E-state index contributed by atoms with van der Waals surface area (Å²) in [5.41, 5.74) is 5.85. The van der Waals surface area contributed by atoms with Gasteiger partial charge in [-0.05, 0) is 25.8 Å². The average Bonchev–Trinajstić information content (AvgIpc) is 2.35. The summed E-state index contributed by atoms with van der Waals surface area (Å²) in [6.07, 6.45) is 0. The molecule has 0 unspecified atom stereocenters. The van der Waals surface area contributed by atoms with E-state index in [9.17, 15) is 0 Å². The third-order valence-corrected chi connectivity index (χ3v) is 2.89. The molecule has 102 valence electrons. The Kier molecular flexibility index (Phi) is 4.90. The van der Waals surface area contributed by atoms with E-state index < -0.39 is 0 Å². The Morgan fingerprint density at radius 3 is 2.56 bits per heavy atom. The number of hydrogen-bond donors (Lipinski definition) is 1. The van der Waals surface area contributed by atoms with Gasteiger partial charge < -0.3 is 15.4 Å². The minimum atomic E-state index is 0.0576. The highest BCUT2D eigenvalue weighted by atomic mass is 16.5. The number of anilines is 1. The molecule has 1 aromatic heterocycles. The van der Waals surface area contributed by atoms with Gasteiger partial charge in [0.2, 0.25) is 5.88 Å². The lowest BCUT2D eigenvalue weighted by atomic mass is 9.93. The van der Waals surface area contributed by atoms with Gasteiger partial charge in [-0.25, -0.2) is 4.98 Å². The van der Waals surface area contributed by atoms with E-state index in [1.165, 1.54) is 0 Å². The van der Waals surface area contributed by atoms with Crippen molar-refractivity contribution in [3.05, 3.63) is 11.9 Å². The first-order valence-corrected chi connectivity index (χ1v) is 6.26. The first-order valence-electron chi connectivity index (χ1n) is 6.26. The molecule has 1 rings (SSSR count). The van der Waals surface area contributed by atoms with Crippen molar-refractivity contribution in [2.45, 2.75) is 27.7 Å². The number of hydrogen-bond acceptors (Lipinski definition) is 5. The summed E-state index contributed by atoms with van der Waals surface area (Å²) in [4.78, 5) is 10.9. The van der Waals surface area contributed by atoms with Gasteiger partial charge in [-0.15, -0.1) is 0 Å². The van der Waals surface area contributed by atoms with E-state index in [0.717, 1.165) is 18.9 Å². The molecular weight excluding hydrogens is 228 g/mol. The Hall–Kier alpha value is -1.36. The van der Waals surface area contributed by atoms with Gasteiger partial charge >= 0.3 is 0 Å². The normalized spacial score (nSPS) is 11.4. The maximum atomic E-state index is 5.79. The van der Waals surface area contributed by atoms with E-state index >= 15 is 0 Å². The van der Waals surface area contributed by atoms with Crippen molar-refractivity contribution in [1.82, 2.24) is 9.97 Å². The van der Waals surface area contributed by atoms with Crippen LogP contribution in [0.15, 0.2) is 6.07 Å². The van der Waals surface area contributed by atoms with Gasteiger partial charge in [0, 0.05) is 19.2 Å². The van der Waals surface area contributed by atoms with E-state index in [-0.39, 0.29) is 5.41 Å². The van der Waals surface area contributed by atoms with Crippen molar-refractivity contribution in [2.75, 3.05) is 31.6 Å². The summed E-state index contributed by atoms with van der Waals surface area (Å²) in [5.74, 6) is 2.21. The standard InChI is InChI=1S/C13H24N4O/c1-6-17(9-13(3,4)8-14)11-7-12(18-5)16-10(2)15-11/h7H,6,8-9,14H2,1-5H3. The number of aryl methyl sites for hydroxylation is 1. The Balaban J connectivity index is 2.98. The molecule has 18 heavy (non-hydrogen) atoms. The molecule has 0 fully saturated rings. The van der Waals surface area contributed by atoms with Crippen LogP contribution < -0.4 is 15.4 Å². The zero-order valence-corrected chi connectivity index (χ0v) is 12.0. The Labute approximate surface area is 109 Å². The Morgan fingerprint density at radius 1 is 1.39 bits per heavy atom. The number of ether oxygens (including phenoxy) is 1. The lowest BCUT2D eigenvalue weighted by molar-refractivity contribution is 0.376. The summed E-state index contributed by atoms with van der Waals surface area (Å²) in [5, 5.41) is 0. The molecule has 0 aliphatic rings. The van der Waals surface area contributed by atoms with Gasteiger partial charge in [0.25, 0.3) is 0 Å². The van der Waals surface area contributed by atoms with Crippen molar-refractivity contribution in [3.8, 4) is 5.88 Å². The molecule has 1 aromatic rings. The van der Waals surface area contributed by atoms with Gasteiger partial charge in [0.1, 0.15) is 11.6 Å². The fourth-order valence-electron chi connectivity index (χ4n) is 1.73. The van der Waals surface area contributed by atoms with E-state index in [1.807, 2.05) is 13.0 Å². The molecular formula is C13H24N4O. The first kappa shape index (κ1) is 14.7. The lowest BCUT2D eigenvalue weighted by Crippen LogP contribution is -2.39. The fraction of sp³-hybridized carbons (Fsp3) is 0.692. The monoisotopic (exact) mass is 252 g/mol. The maximum Gasteiger partial charge on any atom is 0.218 e. The molecule has 0 atom stereocenters. The van der Waals surface area contributed by atoms with Crippen molar-refractivity contribution in [1.29, 1.82) is 0 Å². The van der Waals surface area contributed by atoms with Crippen LogP contribution in [0, 0.1) is 12.3 Å². The maximum absolute atomic E-state index is 5.79. The summed E-state index contributed by atoms with van der Waals surface area (Å²) in [7, 11) is 1.62. The quantitative estimate of drug-likeness (QED) is 0.833. The van der Waals surface area contributed by atoms with Crippen molar-refractivity contribution >= 4 is 5.82 Å². The van der Waals surface area contributed by atoms with Crippen molar-refractivity contribution in [2.24, 2.45) is 11.1 Å². The van der Waals surface area contributed by atoms with Crippen LogP contribution in [0.25, 0.3) is 0 Å². The van der Waals surface area contributed by atoms with Crippen LogP contribution in [0.1, 0.15) is 26.6 Å². The zero-order chi connectivity index (χ0) is 13.8. The number of nitrogens with two attached hydrogens (primary N) is 1. The SMILES string of the molecule is CCN(CC(C)(C)CN)c1cc(OC)nc(C)n1. The molecule has 0 aromatic carbocycles. The van der Waals surface area contributed by atoms with Gasteiger partial charge in [-0.3, -0.25) is 0 Å². The highest BCUT2D eigenvalue weighted by Crippen LogP contribution is 2.22. The number of rotatable bonds is 6. The van der Waals surface area contributed by atoms with E-state index in [2.05, 4.69) is 35.6 Å². The Morgan fingerprint density at radius 2 is 2.06 bits per heavy atom. The highest BCUT2D eigenvalue weighted by Gasteiger charge is 2.21. The van der Waals surface area contributed by atoms with E-state index in [4.69, 9.17) is 10.5 Å².